The van der Waals surface area contributed by atoms with E-state index in [1.807, 2.05) is 19.9 Å². The minimum absolute atomic E-state index is 0.191. The van der Waals surface area contributed by atoms with Gasteiger partial charge in [-0.25, -0.2) is 9.37 Å². The van der Waals surface area contributed by atoms with E-state index in [4.69, 9.17) is 16.3 Å². The number of hydrogen-bond acceptors (Lipinski definition) is 3. The largest absolute Gasteiger partial charge is 0.487 e. The number of hydrogen-bond donors (Lipinski definition) is 1. The van der Waals surface area contributed by atoms with Gasteiger partial charge >= 0.3 is 6.18 Å². The number of nitrogens with one attached hydrogen (secondary N) is 1. The number of pyridine rings is 1. The highest BCUT2D eigenvalue weighted by atomic mass is 35.5. The first kappa shape index (κ1) is 21.1. The van der Waals surface area contributed by atoms with Gasteiger partial charge in [0.25, 0.3) is 0 Å². The molecule has 0 spiro atoms. The third kappa shape index (κ3) is 4.70. The number of rotatable bonds is 5. The molecule has 2 heterocycles. The zero-order chi connectivity index (χ0) is 21.3. The summed E-state index contributed by atoms with van der Waals surface area (Å²) in [5.41, 5.74) is 0.775. The van der Waals surface area contributed by atoms with Crippen LogP contribution in [0.5, 0.6) is 5.75 Å². The first-order valence-electron chi connectivity index (χ1n) is 8.77. The Bertz CT molecular complexity index is 1030. The monoisotopic (exact) mass is 427 g/mol. The van der Waals surface area contributed by atoms with Crippen LogP contribution in [-0.2, 0) is 12.8 Å². The highest BCUT2D eigenvalue weighted by Gasteiger charge is 2.31. The molecule has 0 unspecified atom stereocenters. The summed E-state index contributed by atoms with van der Waals surface area (Å²) >= 11 is 6.24. The Morgan fingerprint density at radius 3 is 2.48 bits per heavy atom. The van der Waals surface area contributed by atoms with Crippen LogP contribution in [0.3, 0.4) is 0 Å². The van der Waals surface area contributed by atoms with E-state index in [9.17, 15) is 17.6 Å². The summed E-state index contributed by atoms with van der Waals surface area (Å²) in [7, 11) is 0. The van der Waals surface area contributed by atoms with Crippen molar-refractivity contribution in [2.45, 2.75) is 39.5 Å². The minimum Gasteiger partial charge on any atom is -0.487 e. The molecular weight excluding hydrogens is 410 g/mol. The number of benzene rings is 1. The molecule has 1 aromatic carbocycles. The molecule has 0 saturated heterocycles. The molecule has 0 fully saturated rings. The van der Waals surface area contributed by atoms with E-state index < -0.39 is 17.6 Å². The van der Waals surface area contributed by atoms with Crippen LogP contribution in [0.4, 0.5) is 17.6 Å². The van der Waals surface area contributed by atoms with Gasteiger partial charge in [-0.05, 0) is 36.8 Å². The van der Waals surface area contributed by atoms with E-state index in [0.29, 0.717) is 28.9 Å². The summed E-state index contributed by atoms with van der Waals surface area (Å²) in [5.74, 6) is 0.340. The summed E-state index contributed by atoms with van der Waals surface area (Å²) in [4.78, 5) is 11.1. The zero-order valence-corrected chi connectivity index (χ0v) is 16.6. The van der Waals surface area contributed by atoms with Gasteiger partial charge < -0.3 is 9.72 Å². The lowest BCUT2D eigenvalue weighted by Gasteiger charge is -2.12. The molecule has 4 nitrogen and oxygen atoms in total. The van der Waals surface area contributed by atoms with Gasteiger partial charge in [-0.1, -0.05) is 25.4 Å². The van der Waals surface area contributed by atoms with Crippen molar-refractivity contribution in [2.24, 2.45) is 0 Å². The van der Waals surface area contributed by atoms with Crippen LogP contribution in [0, 0.1) is 12.7 Å². The lowest BCUT2D eigenvalue weighted by atomic mass is 10.1. The minimum atomic E-state index is -4.65. The smallest absolute Gasteiger partial charge is 0.417 e. The number of aromatic nitrogens is 3. The third-order valence-electron chi connectivity index (χ3n) is 4.28. The maximum atomic E-state index is 13.9. The second kappa shape index (κ2) is 8.02. The number of H-pyrrole nitrogens is 1. The maximum absolute atomic E-state index is 13.9. The quantitative estimate of drug-likeness (QED) is 0.486. The molecule has 0 saturated carbocycles. The Hall–Kier alpha value is -2.61. The average molecular weight is 428 g/mol. The first-order valence-corrected chi connectivity index (χ1v) is 9.15. The fraction of sp³-hybridized carbons (Fsp3) is 0.300. The van der Waals surface area contributed by atoms with E-state index in [1.54, 1.807) is 19.1 Å². The number of aryl methyl sites for hydroxylation is 1. The van der Waals surface area contributed by atoms with E-state index in [1.165, 1.54) is 0 Å². The maximum Gasteiger partial charge on any atom is 0.417 e. The molecule has 154 valence electrons. The molecule has 0 amide bonds. The van der Waals surface area contributed by atoms with Crippen molar-refractivity contribution in [1.82, 2.24) is 15.0 Å². The van der Waals surface area contributed by atoms with E-state index >= 15 is 0 Å². The van der Waals surface area contributed by atoms with Crippen LogP contribution < -0.4 is 4.74 Å². The van der Waals surface area contributed by atoms with Crippen molar-refractivity contribution in [3.8, 4) is 17.0 Å². The number of aromatic amines is 1. The van der Waals surface area contributed by atoms with Crippen molar-refractivity contribution in [2.75, 3.05) is 0 Å². The Morgan fingerprint density at radius 2 is 1.93 bits per heavy atom. The number of ether oxygens (including phenoxy) is 1. The summed E-state index contributed by atoms with van der Waals surface area (Å²) in [6.45, 7) is 5.48. The van der Waals surface area contributed by atoms with Gasteiger partial charge in [0.1, 0.15) is 40.5 Å². The third-order valence-corrected chi connectivity index (χ3v) is 4.56. The van der Waals surface area contributed by atoms with E-state index in [2.05, 4.69) is 15.0 Å². The normalized spacial score (nSPS) is 11.9. The van der Waals surface area contributed by atoms with Gasteiger partial charge in [0.05, 0.1) is 5.56 Å². The van der Waals surface area contributed by atoms with Crippen molar-refractivity contribution in [1.29, 1.82) is 0 Å². The Morgan fingerprint density at radius 1 is 1.21 bits per heavy atom. The van der Waals surface area contributed by atoms with Gasteiger partial charge in [-0.15, -0.1) is 0 Å². The average Bonchev–Trinajstić information content (AvgIpc) is 3.03. The summed E-state index contributed by atoms with van der Waals surface area (Å²) in [5, 5.41) is 0.429. The topological polar surface area (TPSA) is 50.8 Å². The second-order valence-corrected chi connectivity index (χ2v) is 7.24. The second-order valence-electron chi connectivity index (χ2n) is 6.86. The molecule has 0 aliphatic carbocycles. The summed E-state index contributed by atoms with van der Waals surface area (Å²) < 4.78 is 57.3. The van der Waals surface area contributed by atoms with Gasteiger partial charge in [0, 0.05) is 17.7 Å². The number of halogens is 5. The van der Waals surface area contributed by atoms with Crippen LogP contribution in [0.15, 0.2) is 30.5 Å². The van der Waals surface area contributed by atoms with Crippen LogP contribution in [0.25, 0.3) is 11.3 Å². The van der Waals surface area contributed by atoms with Gasteiger partial charge in [-0.2, -0.15) is 13.2 Å². The zero-order valence-electron chi connectivity index (χ0n) is 15.9. The highest BCUT2D eigenvalue weighted by molar-refractivity contribution is 6.31. The Balaban J connectivity index is 1.77. The van der Waals surface area contributed by atoms with Crippen molar-refractivity contribution in [3.05, 3.63) is 64.1 Å². The molecule has 3 rings (SSSR count). The molecule has 9 heteroatoms. The SMILES string of the molecule is Cc1cc(-c2nc(C(C)C)[nH]c2Cl)ccc1OCc1ncc(C(F)(F)F)cc1F. The van der Waals surface area contributed by atoms with Crippen molar-refractivity contribution in [3.63, 3.8) is 0 Å². The molecule has 2 aromatic heterocycles. The summed E-state index contributed by atoms with van der Waals surface area (Å²) in [6.07, 6.45) is -4.06. The number of imidazole rings is 1. The Kier molecular flexibility index (Phi) is 5.84. The Labute approximate surface area is 169 Å². The standard InChI is InChI=1S/C20H18ClF4N3O/c1-10(2)19-27-17(18(21)28-19)12-4-5-16(11(3)6-12)29-9-15-14(22)7-13(8-26-15)20(23,24)25/h4-8,10H,9H2,1-3H3,(H,27,28). The van der Waals surface area contributed by atoms with Crippen LogP contribution in [-0.4, -0.2) is 15.0 Å². The summed E-state index contributed by atoms with van der Waals surface area (Å²) in [6, 6.07) is 5.66. The predicted octanol–water partition coefficient (Wildman–Crippen LogP) is 6.29. The van der Waals surface area contributed by atoms with Gasteiger partial charge in [0.2, 0.25) is 0 Å². The molecule has 3 aromatic rings. The van der Waals surface area contributed by atoms with Gasteiger partial charge in [-0.3, -0.25) is 4.98 Å². The molecule has 0 radical (unpaired) electrons. The highest BCUT2D eigenvalue weighted by Crippen LogP contribution is 2.32. The fourth-order valence-electron chi connectivity index (χ4n) is 2.67. The molecule has 0 bridgehead atoms. The van der Waals surface area contributed by atoms with Gasteiger partial charge in [0.15, 0.2) is 0 Å². The molecular formula is C20H18ClF4N3O. The lowest BCUT2D eigenvalue weighted by molar-refractivity contribution is -0.138. The van der Waals surface area contributed by atoms with Crippen LogP contribution in [0.1, 0.15) is 42.4 Å². The molecule has 29 heavy (non-hydrogen) atoms. The van der Waals surface area contributed by atoms with Crippen LogP contribution in [0.2, 0.25) is 5.15 Å². The van der Waals surface area contributed by atoms with Crippen molar-refractivity contribution >= 4 is 11.6 Å². The lowest BCUT2D eigenvalue weighted by Crippen LogP contribution is -2.09. The van der Waals surface area contributed by atoms with Crippen LogP contribution >= 0.6 is 11.6 Å². The van der Waals surface area contributed by atoms with E-state index in [-0.39, 0.29) is 18.2 Å². The van der Waals surface area contributed by atoms with Crippen molar-refractivity contribution < 1.29 is 22.3 Å². The first-order chi connectivity index (χ1) is 13.6. The fourth-order valence-corrected chi connectivity index (χ4v) is 2.91. The molecule has 0 aliphatic heterocycles. The van der Waals surface area contributed by atoms with E-state index in [0.717, 1.165) is 17.0 Å². The number of nitrogens with zero attached hydrogens (tertiary/aromatic N) is 2. The number of alkyl halides is 3. The molecule has 0 aliphatic rings. The molecule has 0 atom stereocenters. The molecule has 1 N–H and O–H groups in total. The predicted molar refractivity (Wildman–Crippen MR) is 101 cm³/mol.